The molecule has 0 atom stereocenters. The first-order valence-electron chi connectivity index (χ1n) is 25.2. The van der Waals surface area contributed by atoms with Gasteiger partial charge in [-0.05, 0) is 0 Å². The van der Waals surface area contributed by atoms with Gasteiger partial charge in [0.05, 0.1) is 159 Å². The third-order valence-corrected chi connectivity index (χ3v) is 14.8. The predicted octanol–water partition coefficient (Wildman–Crippen LogP) is 3.87. The summed E-state index contributed by atoms with van der Waals surface area (Å²) in [5.41, 5.74) is 0. The van der Waals surface area contributed by atoms with Crippen LogP contribution < -0.4 is 103 Å². The Morgan fingerprint density at radius 3 is 0.270 bits per heavy atom. The van der Waals surface area contributed by atoms with E-state index in [-0.39, 0.29) is 190 Å². The van der Waals surface area contributed by atoms with E-state index in [1.54, 1.807) is 0 Å². The second-order valence-electron chi connectivity index (χ2n) is 17.7. The molecule has 2 aliphatic heterocycles. The van der Waals surface area contributed by atoms with Crippen molar-refractivity contribution in [3.05, 3.63) is 72.8 Å². The van der Waals surface area contributed by atoms with Gasteiger partial charge in [-0.1, -0.05) is 178 Å². The largest absolute Gasteiger partial charge is 1.00 e. The molecule has 2 saturated heterocycles. The Hall–Kier alpha value is 3.62. The SMILES string of the molecule is C1COCCOCCOCCOCCOCCO1.C1COCCOCCOCCOCCOCCO1.C[Si](C)C.C[Si](C)C.C[Si](C)C.C[Si](C)C.C[Si](C)[Si](C)C.[Ge].[Ge].[K+].[K+].c1ccccc1.c1ccccc1. The molecule has 2 aromatic rings. The zero-order valence-corrected chi connectivity index (χ0v) is 67.2. The van der Waals surface area contributed by atoms with E-state index >= 15 is 0 Å². The Morgan fingerprint density at radius 1 is 0.176 bits per heavy atom. The van der Waals surface area contributed by atoms with Crippen LogP contribution in [0.2, 0.25) is 105 Å². The van der Waals surface area contributed by atoms with Crippen molar-refractivity contribution < 1.29 is 160 Å². The summed E-state index contributed by atoms with van der Waals surface area (Å²) in [4.78, 5) is 0. The Morgan fingerprint density at radius 2 is 0.230 bits per heavy atom. The molecule has 12 nitrogen and oxygen atoms in total. The van der Waals surface area contributed by atoms with Crippen molar-refractivity contribution in [3.8, 4) is 0 Å². The smallest absolute Gasteiger partial charge is 0.377 e. The van der Waals surface area contributed by atoms with E-state index in [1.807, 2.05) is 72.8 Å². The number of ether oxygens (including phenoxy) is 12. The molecular formula is C52H108Ge2K2O12Si6+2. The van der Waals surface area contributed by atoms with E-state index in [0.717, 1.165) is 0 Å². The molecule has 0 unspecified atom stereocenters. The van der Waals surface area contributed by atoms with Gasteiger partial charge in [0.1, 0.15) is 0 Å². The molecule has 22 heteroatoms. The zero-order chi connectivity index (χ0) is 53.4. The summed E-state index contributed by atoms with van der Waals surface area (Å²) >= 11 is 0. The minimum atomic E-state index is 0. The molecule has 2 heterocycles. The summed E-state index contributed by atoms with van der Waals surface area (Å²) in [5.74, 6) is 0. The van der Waals surface area contributed by atoms with Crippen LogP contribution in [0.1, 0.15) is 0 Å². The molecule has 0 saturated carbocycles. The molecule has 14 radical (unpaired) electrons. The molecule has 0 spiro atoms. The van der Waals surface area contributed by atoms with Gasteiger partial charge in [-0.25, -0.2) is 0 Å². The molecule has 420 valence electrons. The zero-order valence-electron chi connectivity index (χ0n) is 50.8. The third kappa shape index (κ3) is 136. The molecule has 0 aromatic heterocycles. The van der Waals surface area contributed by atoms with Gasteiger partial charge in [0.15, 0.2) is 0 Å². The molecular weight excluding hydrogens is 1210 g/mol. The summed E-state index contributed by atoms with van der Waals surface area (Å²) in [6.45, 7) is 50.8. The molecule has 2 aliphatic rings. The second kappa shape index (κ2) is 90.4. The van der Waals surface area contributed by atoms with Gasteiger partial charge >= 0.3 is 103 Å². The Labute approximate surface area is 574 Å². The van der Waals surface area contributed by atoms with Gasteiger partial charge in [-0.3, -0.25) is 0 Å². The molecule has 2 aromatic carbocycles. The summed E-state index contributed by atoms with van der Waals surface area (Å²) in [7, 11) is 0.782. The van der Waals surface area contributed by atoms with Gasteiger partial charge in [0, 0.05) is 87.0 Å². The van der Waals surface area contributed by atoms with Crippen molar-refractivity contribution in [3.63, 3.8) is 0 Å². The normalized spacial score (nSPS) is 15.8. The summed E-state index contributed by atoms with van der Waals surface area (Å²) in [6.07, 6.45) is 0. The minimum Gasteiger partial charge on any atom is -0.377 e. The van der Waals surface area contributed by atoms with Crippen molar-refractivity contribution in [2.24, 2.45) is 0 Å². The Balaban J connectivity index is -0.0000000988. The Bertz CT molecular complexity index is 821. The fraction of sp³-hybridized carbons (Fsp3) is 0.769. The first-order valence-corrected chi connectivity index (χ1v) is 43.2. The average molecular weight is 1320 g/mol. The van der Waals surface area contributed by atoms with Crippen LogP contribution in [0.25, 0.3) is 0 Å². The van der Waals surface area contributed by atoms with Crippen molar-refractivity contribution in [1.82, 2.24) is 0 Å². The van der Waals surface area contributed by atoms with Crippen LogP contribution in [-0.2, 0) is 56.8 Å². The van der Waals surface area contributed by atoms with Crippen LogP contribution >= 0.6 is 0 Å². The maximum atomic E-state index is 5.33. The van der Waals surface area contributed by atoms with E-state index < -0.39 is 0 Å². The molecule has 2 fully saturated rings. The van der Waals surface area contributed by atoms with Gasteiger partial charge in [-0.15, -0.1) is 0 Å². The topological polar surface area (TPSA) is 111 Å². The minimum absolute atomic E-state index is 0. The first-order chi connectivity index (χ1) is 33.6. The first kappa shape index (κ1) is 96.8. The van der Waals surface area contributed by atoms with Crippen LogP contribution in [0.5, 0.6) is 0 Å². The van der Waals surface area contributed by atoms with Crippen LogP contribution in [0, 0.1) is 0 Å². The number of rotatable bonds is 1. The van der Waals surface area contributed by atoms with Crippen molar-refractivity contribution in [2.45, 2.75) is 105 Å². The second-order valence-corrected chi connectivity index (χ2v) is 39.7. The summed E-state index contributed by atoms with van der Waals surface area (Å²) in [5, 5.41) is 0. The maximum Gasteiger partial charge on any atom is 1.00 e. The van der Waals surface area contributed by atoms with Gasteiger partial charge in [-0.2, -0.15) is 0 Å². The molecule has 0 aliphatic carbocycles. The fourth-order valence-corrected chi connectivity index (χ4v) is 3.41. The van der Waals surface area contributed by atoms with E-state index in [9.17, 15) is 0 Å². The van der Waals surface area contributed by atoms with Crippen molar-refractivity contribution in [2.75, 3.05) is 159 Å². The van der Waals surface area contributed by atoms with Gasteiger partial charge in [0.25, 0.3) is 0 Å². The van der Waals surface area contributed by atoms with Crippen molar-refractivity contribution in [1.29, 1.82) is 0 Å². The van der Waals surface area contributed by atoms with E-state index in [4.69, 9.17) is 56.8 Å². The van der Waals surface area contributed by atoms with E-state index in [0.29, 0.717) is 159 Å². The molecule has 4 rings (SSSR count). The molecule has 74 heavy (non-hydrogen) atoms. The average Bonchev–Trinajstić information content (AvgIpc) is 3.30. The fourth-order valence-electron chi connectivity index (χ4n) is 3.41. The van der Waals surface area contributed by atoms with Gasteiger partial charge in [0.2, 0.25) is 0 Å². The van der Waals surface area contributed by atoms with Gasteiger partial charge < -0.3 is 56.8 Å². The van der Waals surface area contributed by atoms with Crippen LogP contribution in [0.15, 0.2) is 72.8 Å². The van der Waals surface area contributed by atoms with Crippen LogP contribution in [-0.4, -0.2) is 246 Å². The summed E-state index contributed by atoms with van der Waals surface area (Å²) < 4.78 is 63.9. The molecule has 0 bridgehead atoms. The number of hydrogen-bond acceptors (Lipinski definition) is 12. The van der Waals surface area contributed by atoms with E-state index in [2.05, 4.69) is 105 Å². The standard InChI is InChI=1S/2C12H24O6.2C6H6.C4H12Si2.4C3H9Si.2Ge.2K/c2*1-2-14-5-6-16-9-10-18-12-11-17-8-7-15-4-3-13-1;2*1-2-4-6-5-3-1;1-5(2)6(3)4;4*1-4(2)3;;;;/h2*1-12H2;2*1-6H;1-4H3;4*1-3H3;;;;/q;;;;;;;;;;;2*+1. The molecule has 0 N–H and O–H groups in total. The Kier molecular flexibility index (Phi) is 118. The molecule has 0 amide bonds. The van der Waals surface area contributed by atoms with Crippen LogP contribution in [0.3, 0.4) is 0 Å². The number of hydrogen-bond donors (Lipinski definition) is 0. The third-order valence-electron chi connectivity index (χ3n) is 6.80. The quantitative estimate of drug-likeness (QED) is 0.387. The van der Waals surface area contributed by atoms with Crippen LogP contribution in [0.4, 0.5) is 0 Å². The number of benzene rings is 2. The summed E-state index contributed by atoms with van der Waals surface area (Å²) in [6, 6.07) is 24.0. The van der Waals surface area contributed by atoms with Crippen molar-refractivity contribution >= 4 is 87.0 Å². The maximum absolute atomic E-state index is 5.33. The monoisotopic (exact) mass is 1320 g/mol. The predicted molar refractivity (Wildman–Crippen MR) is 323 cm³/mol. The van der Waals surface area contributed by atoms with E-state index in [1.165, 1.54) is 0 Å².